The maximum atomic E-state index is 15.5. The van der Waals surface area contributed by atoms with Crippen LogP contribution in [0.25, 0.3) is 11.1 Å². The minimum atomic E-state index is -0.836. The molecule has 1 aromatic heterocycles. The number of amides is 2. The SMILES string of the molecule is [Li][C](=O)C(c1ncn2c1CCC2)N1Cc2c(F)cc(-c3ccc(N4CCN(C(=O)OC(C)(C)C)CC4)cc3)cc2C1=O. The summed E-state index contributed by atoms with van der Waals surface area (Å²) in [4.78, 5) is 48.7. The summed E-state index contributed by atoms with van der Waals surface area (Å²) in [7, 11) is 0. The van der Waals surface area contributed by atoms with Gasteiger partial charge in [0.1, 0.15) is 5.60 Å². The molecule has 1 unspecified atom stereocenters. The van der Waals surface area contributed by atoms with Crippen molar-refractivity contribution in [2.24, 2.45) is 0 Å². The molecule has 1 atom stereocenters. The molecule has 0 N–H and O–H groups in total. The van der Waals surface area contributed by atoms with Gasteiger partial charge in [-0.15, -0.1) is 0 Å². The summed E-state index contributed by atoms with van der Waals surface area (Å²) >= 11 is 1.46. The number of carbonyl (C=O) groups is 3. The van der Waals surface area contributed by atoms with Gasteiger partial charge in [0.15, 0.2) is 0 Å². The fourth-order valence-electron chi connectivity index (χ4n) is 6.19. The van der Waals surface area contributed by atoms with Crippen LogP contribution in [-0.4, -0.2) is 85.3 Å². The number of piperazine rings is 1. The van der Waals surface area contributed by atoms with Crippen molar-refractivity contribution >= 4 is 39.9 Å². The third-order valence-corrected chi connectivity index (χ3v) is 8.26. The van der Waals surface area contributed by atoms with Crippen LogP contribution in [0.2, 0.25) is 0 Å². The fourth-order valence-corrected chi connectivity index (χ4v) is 6.19. The van der Waals surface area contributed by atoms with Crippen molar-refractivity contribution in [2.45, 2.75) is 58.3 Å². The van der Waals surface area contributed by atoms with Crippen molar-refractivity contribution < 1.29 is 23.5 Å². The molecular weight excluding hydrogens is 532 g/mol. The van der Waals surface area contributed by atoms with Gasteiger partial charge >= 0.3 is 187 Å². The third-order valence-electron chi connectivity index (χ3n) is 8.26. The minimum absolute atomic E-state index is 0.0328. The van der Waals surface area contributed by atoms with Crippen molar-refractivity contribution in [1.82, 2.24) is 19.4 Å². The first-order valence-corrected chi connectivity index (χ1v) is 14.5. The standard InChI is InChI=1S/C31H33FN5O4.Li/c1-31(2,3)41-30(40)35-13-11-34(12-14-35)22-8-6-20(7-9-22)21-15-23-24(25(32)16-21)17-37(29(23)39)27(18-38)28-26-5-4-10-36(26)19-33-28;/h6-9,15-16,19,27H,4-5,10-14,17H2,1-3H3;. The molecule has 11 heteroatoms. The normalized spacial score (nSPS) is 17.4. The average molecular weight is 566 g/mol. The second-order valence-electron chi connectivity index (χ2n) is 12.3. The van der Waals surface area contributed by atoms with Gasteiger partial charge in [-0.25, -0.2) is 4.79 Å². The second kappa shape index (κ2) is 10.9. The summed E-state index contributed by atoms with van der Waals surface area (Å²) < 4.78 is 22.8. The summed E-state index contributed by atoms with van der Waals surface area (Å²) in [5.74, 6) is -0.816. The van der Waals surface area contributed by atoms with Crippen LogP contribution in [0.3, 0.4) is 0 Å². The first kappa shape index (κ1) is 28.5. The summed E-state index contributed by atoms with van der Waals surface area (Å²) in [6.45, 7) is 8.93. The van der Waals surface area contributed by atoms with Gasteiger partial charge in [-0.2, -0.15) is 0 Å². The molecule has 2 aromatic carbocycles. The van der Waals surface area contributed by atoms with Gasteiger partial charge in [-0.3, -0.25) is 0 Å². The molecule has 6 rings (SSSR count). The molecule has 42 heavy (non-hydrogen) atoms. The zero-order valence-electron chi connectivity index (χ0n) is 24.5. The summed E-state index contributed by atoms with van der Waals surface area (Å²) in [6.07, 6.45) is 3.21. The third kappa shape index (κ3) is 5.34. The molecule has 3 aliphatic heterocycles. The van der Waals surface area contributed by atoms with E-state index < -0.39 is 17.5 Å². The van der Waals surface area contributed by atoms with E-state index in [9.17, 15) is 14.4 Å². The van der Waals surface area contributed by atoms with Crippen LogP contribution in [0.4, 0.5) is 14.9 Å². The van der Waals surface area contributed by atoms with Crippen LogP contribution in [0.1, 0.15) is 60.5 Å². The Kier molecular flexibility index (Phi) is 7.40. The molecule has 0 spiro atoms. The Morgan fingerprint density at radius 3 is 2.40 bits per heavy atom. The van der Waals surface area contributed by atoms with Crippen LogP contribution < -0.4 is 4.90 Å². The van der Waals surface area contributed by atoms with E-state index in [0.29, 0.717) is 43.0 Å². The van der Waals surface area contributed by atoms with Crippen molar-refractivity contribution in [2.75, 3.05) is 31.1 Å². The summed E-state index contributed by atoms with van der Waals surface area (Å²) in [5.41, 5.74) is 4.04. The first-order chi connectivity index (χ1) is 20.0. The molecule has 1 saturated heterocycles. The predicted molar refractivity (Wildman–Crippen MR) is 156 cm³/mol. The number of imidazole rings is 1. The number of hydrogen-bond acceptors (Lipinski definition) is 6. The number of benzene rings is 2. The van der Waals surface area contributed by atoms with E-state index in [1.165, 1.54) is 28.7 Å². The molecule has 0 saturated carbocycles. The van der Waals surface area contributed by atoms with Crippen LogP contribution in [0.5, 0.6) is 0 Å². The molecule has 3 aromatic rings. The zero-order chi connectivity index (χ0) is 29.8. The number of carbonyl (C=O) groups excluding carboxylic acids is 3. The molecule has 0 aliphatic carbocycles. The number of rotatable bonds is 5. The Hall–Kier alpha value is -3.61. The molecular formula is C31H33FLiN5O4. The van der Waals surface area contributed by atoms with Crippen molar-refractivity contribution in [3.63, 3.8) is 0 Å². The quantitative estimate of drug-likeness (QED) is 0.434. The summed E-state index contributed by atoms with van der Waals surface area (Å²) in [5, 5.41) is 0. The van der Waals surface area contributed by atoms with E-state index in [4.69, 9.17) is 4.74 Å². The van der Waals surface area contributed by atoms with Crippen LogP contribution in [-0.2, 0) is 29.0 Å². The Morgan fingerprint density at radius 1 is 1.02 bits per heavy atom. The molecule has 4 heterocycles. The van der Waals surface area contributed by atoms with Crippen LogP contribution >= 0.6 is 0 Å². The fraction of sp³-hybridized carbons (Fsp3) is 0.419. The van der Waals surface area contributed by atoms with E-state index >= 15 is 4.39 Å². The molecule has 2 amide bonds. The van der Waals surface area contributed by atoms with Gasteiger partial charge in [0, 0.05) is 26.2 Å². The number of anilines is 1. The number of nitrogens with zero attached hydrogens (tertiary/aromatic N) is 5. The van der Waals surface area contributed by atoms with Gasteiger partial charge in [0.05, 0.1) is 0 Å². The number of aromatic nitrogens is 2. The number of halogens is 1. The number of fused-ring (bicyclic) bond motifs is 2. The van der Waals surface area contributed by atoms with Gasteiger partial charge in [0.25, 0.3) is 0 Å². The van der Waals surface area contributed by atoms with Crippen molar-refractivity contribution in [1.29, 1.82) is 0 Å². The number of hydrogen-bond donors (Lipinski definition) is 0. The average Bonchev–Trinajstić information content (AvgIpc) is 3.65. The van der Waals surface area contributed by atoms with Gasteiger partial charge < -0.3 is 9.64 Å². The Balaban J connectivity index is 1.18. The number of ether oxygens (including phenoxy) is 1. The summed E-state index contributed by atoms with van der Waals surface area (Å²) in [6, 6.07) is 10.1. The monoisotopic (exact) mass is 565 g/mol. The van der Waals surface area contributed by atoms with Gasteiger partial charge in [-0.05, 0) is 20.8 Å². The topological polar surface area (TPSA) is 88.0 Å². The van der Waals surface area contributed by atoms with E-state index in [1.54, 1.807) is 17.3 Å². The Labute approximate surface area is 253 Å². The van der Waals surface area contributed by atoms with Crippen molar-refractivity contribution in [3.05, 3.63) is 71.1 Å². The van der Waals surface area contributed by atoms with E-state index in [2.05, 4.69) is 9.88 Å². The van der Waals surface area contributed by atoms with Gasteiger partial charge in [0.2, 0.25) is 0 Å². The Bertz CT molecular complexity index is 1560. The predicted octanol–water partition coefficient (Wildman–Crippen LogP) is 4.08. The maximum absolute atomic E-state index is 15.5. The zero-order valence-corrected chi connectivity index (χ0v) is 24.5. The Morgan fingerprint density at radius 2 is 1.74 bits per heavy atom. The molecule has 0 radical (unpaired) electrons. The van der Waals surface area contributed by atoms with Crippen LogP contribution in [0.15, 0.2) is 42.7 Å². The van der Waals surface area contributed by atoms with Crippen LogP contribution in [0, 0.1) is 5.82 Å². The molecule has 0 bridgehead atoms. The first-order valence-electron chi connectivity index (χ1n) is 14.5. The second-order valence-corrected chi connectivity index (χ2v) is 12.3. The molecule has 9 nitrogen and oxygen atoms in total. The van der Waals surface area contributed by atoms with Gasteiger partial charge in [-0.1, -0.05) is 0 Å². The molecule has 214 valence electrons. The van der Waals surface area contributed by atoms with E-state index in [0.717, 1.165) is 36.3 Å². The molecule has 3 aliphatic rings. The van der Waals surface area contributed by atoms with Crippen molar-refractivity contribution in [3.8, 4) is 11.1 Å². The molecule has 1 fully saturated rings. The van der Waals surface area contributed by atoms with E-state index in [1.807, 2.05) is 49.6 Å². The number of aryl methyl sites for hydroxylation is 1. The van der Waals surface area contributed by atoms with E-state index in [-0.39, 0.29) is 28.6 Å².